The SMILES string of the molecule is CCC(N)Cc1nc(C)ccc1OCc1cnn(C)c1. The second kappa shape index (κ2) is 6.52. The Morgan fingerprint density at radius 2 is 2.20 bits per heavy atom. The summed E-state index contributed by atoms with van der Waals surface area (Å²) >= 11 is 0. The van der Waals surface area contributed by atoms with Gasteiger partial charge in [-0.25, -0.2) is 0 Å². The second-order valence-electron chi connectivity index (χ2n) is 5.08. The van der Waals surface area contributed by atoms with E-state index in [1.165, 1.54) is 0 Å². The molecular weight excluding hydrogens is 252 g/mol. The molecule has 1 atom stereocenters. The van der Waals surface area contributed by atoms with Crippen molar-refractivity contribution in [2.75, 3.05) is 0 Å². The van der Waals surface area contributed by atoms with Gasteiger partial charge in [-0.1, -0.05) is 6.92 Å². The summed E-state index contributed by atoms with van der Waals surface area (Å²) in [5.74, 6) is 0.809. The Bertz CT molecular complexity index is 565. The maximum atomic E-state index is 6.03. The topological polar surface area (TPSA) is 66.0 Å². The van der Waals surface area contributed by atoms with Gasteiger partial charge >= 0.3 is 0 Å². The van der Waals surface area contributed by atoms with Crippen LogP contribution in [0.3, 0.4) is 0 Å². The molecule has 0 bridgehead atoms. The van der Waals surface area contributed by atoms with E-state index in [-0.39, 0.29) is 6.04 Å². The fourth-order valence-corrected chi connectivity index (χ4v) is 1.98. The minimum Gasteiger partial charge on any atom is -0.487 e. The van der Waals surface area contributed by atoms with E-state index in [1.807, 2.05) is 32.3 Å². The van der Waals surface area contributed by atoms with Gasteiger partial charge < -0.3 is 10.5 Å². The van der Waals surface area contributed by atoms with Crippen LogP contribution in [-0.2, 0) is 20.1 Å². The van der Waals surface area contributed by atoms with Crippen molar-refractivity contribution in [2.45, 2.75) is 39.3 Å². The Kier molecular flexibility index (Phi) is 4.74. The lowest BCUT2D eigenvalue weighted by atomic mass is 10.1. The van der Waals surface area contributed by atoms with Crippen molar-refractivity contribution in [2.24, 2.45) is 12.8 Å². The van der Waals surface area contributed by atoms with E-state index < -0.39 is 0 Å². The number of hydrogen-bond acceptors (Lipinski definition) is 4. The lowest BCUT2D eigenvalue weighted by Gasteiger charge is -2.13. The zero-order chi connectivity index (χ0) is 14.5. The molecule has 0 amide bonds. The third-order valence-corrected chi connectivity index (χ3v) is 3.20. The Labute approximate surface area is 119 Å². The molecule has 0 radical (unpaired) electrons. The lowest BCUT2D eigenvalue weighted by molar-refractivity contribution is 0.300. The average molecular weight is 274 g/mol. The third kappa shape index (κ3) is 3.81. The molecule has 5 nitrogen and oxygen atoms in total. The van der Waals surface area contributed by atoms with Crippen LogP contribution in [0.5, 0.6) is 5.75 Å². The summed E-state index contributed by atoms with van der Waals surface area (Å²) in [6.07, 6.45) is 5.41. The standard InChI is InChI=1S/C15H22N4O/c1-4-13(16)7-14-15(6-5-11(2)18-14)20-10-12-8-17-19(3)9-12/h5-6,8-9,13H,4,7,10,16H2,1-3H3. The van der Waals surface area contributed by atoms with Crippen molar-refractivity contribution in [3.63, 3.8) is 0 Å². The molecule has 2 N–H and O–H groups in total. The summed E-state index contributed by atoms with van der Waals surface area (Å²) in [6.45, 7) is 4.55. The molecule has 2 aromatic rings. The van der Waals surface area contributed by atoms with Crippen LogP contribution in [0.2, 0.25) is 0 Å². The predicted molar refractivity (Wildman–Crippen MR) is 78.5 cm³/mol. The van der Waals surface area contributed by atoms with Gasteiger partial charge in [0.05, 0.1) is 11.9 Å². The van der Waals surface area contributed by atoms with Gasteiger partial charge in [-0.05, 0) is 25.5 Å². The molecule has 0 aromatic carbocycles. The number of nitrogens with zero attached hydrogens (tertiary/aromatic N) is 3. The van der Waals surface area contributed by atoms with Crippen molar-refractivity contribution in [3.8, 4) is 5.75 Å². The van der Waals surface area contributed by atoms with Gasteiger partial charge in [0.15, 0.2) is 0 Å². The highest BCUT2D eigenvalue weighted by molar-refractivity contribution is 5.30. The first kappa shape index (κ1) is 14.5. The maximum Gasteiger partial charge on any atom is 0.141 e. The normalized spacial score (nSPS) is 12.4. The molecule has 0 aliphatic carbocycles. The summed E-state index contributed by atoms with van der Waals surface area (Å²) in [4.78, 5) is 4.55. The monoisotopic (exact) mass is 274 g/mol. The largest absolute Gasteiger partial charge is 0.487 e. The highest BCUT2D eigenvalue weighted by atomic mass is 16.5. The lowest BCUT2D eigenvalue weighted by Crippen LogP contribution is -2.22. The van der Waals surface area contributed by atoms with Crippen molar-refractivity contribution in [1.29, 1.82) is 0 Å². The zero-order valence-electron chi connectivity index (χ0n) is 12.3. The first-order chi connectivity index (χ1) is 9.58. The Morgan fingerprint density at radius 3 is 2.85 bits per heavy atom. The molecule has 1 unspecified atom stereocenters. The molecule has 0 aliphatic heterocycles. The summed E-state index contributed by atoms with van der Waals surface area (Å²) in [5.41, 5.74) is 8.98. The van der Waals surface area contributed by atoms with E-state index in [1.54, 1.807) is 10.9 Å². The molecule has 108 valence electrons. The molecule has 2 aromatic heterocycles. The zero-order valence-corrected chi connectivity index (χ0v) is 12.3. The molecule has 0 fully saturated rings. The van der Waals surface area contributed by atoms with Gasteiger partial charge in [0.2, 0.25) is 0 Å². The van der Waals surface area contributed by atoms with Crippen LogP contribution in [0.15, 0.2) is 24.5 Å². The molecule has 0 saturated heterocycles. The molecule has 2 heterocycles. The predicted octanol–water partition coefficient (Wildman–Crippen LogP) is 1.98. The molecule has 0 aliphatic rings. The van der Waals surface area contributed by atoms with Gasteiger partial charge in [0.1, 0.15) is 12.4 Å². The fourth-order valence-electron chi connectivity index (χ4n) is 1.98. The third-order valence-electron chi connectivity index (χ3n) is 3.20. The Hall–Kier alpha value is -1.88. The molecule has 2 rings (SSSR count). The number of ether oxygens (including phenoxy) is 1. The molecule has 20 heavy (non-hydrogen) atoms. The number of hydrogen-bond donors (Lipinski definition) is 1. The molecular formula is C15H22N4O. The minimum atomic E-state index is 0.116. The number of pyridine rings is 1. The molecule has 0 spiro atoms. The van der Waals surface area contributed by atoms with E-state index in [2.05, 4.69) is 17.0 Å². The van der Waals surface area contributed by atoms with Gasteiger partial charge in [-0.2, -0.15) is 5.10 Å². The van der Waals surface area contributed by atoms with E-state index in [0.717, 1.165) is 35.5 Å². The second-order valence-corrected chi connectivity index (χ2v) is 5.08. The summed E-state index contributed by atoms with van der Waals surface area (Å²) in [6, 6.07) is 4.04. The van der Waals surface area contributed by atoms with Gasteiger partial charge in [0, 0.05) is 37.0 Å². The van der Waals surface area contributed by atoms with E-state index in [9.17, 15) is 0 Å². The quantitative estimate of drug-likeness (QED) is 0.874. The van der Waals surface area contributed by atoms with Gasteiger partial charge in [0.25, 0.3) is 0 Å². The summed E-state index contributed by atoms with van der Waals surface area (Å²) < 4.78 is 7.63. The Balaban J connectivity index is 2.09. The maximum absolute atomic E-state index is 6.03. The molecule has 5 heteroatoms. The van der Waals surface area contributed by atoms with Crippen LogP contribution in [-0.4, -0.2) is 20.8 Å². The van der Waals surface area contributed by atoms with Crippen molar-refractivity contribution in [3.05, 3.63) is 41.5 Å². The van der Waals surface area contributed by atoms with Crippen LogP contribution < -0.4 is 10.5 Å². The van der Waals surface area contributed by atoms with Gasteiger partial charge in [-0.15, -0.1) is 0 Å². The number of nitrogens with two attached hydrogens (primary N) is 1. The van der Waals surface area contributed by atoms with Crippen molar-refractivity contribution >= 4 is 0 Å². The number of aryl methyl sites for hydroxylation is 2. The van der Waals surface area contributed by atoms with Crippen LogP contribution in [0.4, 0.5) is 0 Å². The van der Waals surface area contributed by atoms with Crippen molar-refractivity contribution in [1.82, 2.24) is 14.8 Å². The highest BCUT2D eigenvalue weighted by Gasteiger charge is 2.10. The van der Waals surface area contributed by atoms with E-state index >= 15 is 0 Å². The van der Waals surface area contributed by atoms with Crippen molar-refractivity contribution < 1.29 is 4.74 Å². The first-order valence-corrected chi connectivity index (χ1v) is 6.91. The van der Waals surface area contributed by atoms with E-state index in [0.29, 0.717) is 6.61 Å². The average Bonchev–Trinajstić information content (AvgIpc) is 2.83. The smallest absolute Gasteiger partial charge is 0.141 e. The number of aromatic nitrogens is 3. The van der Waals surface area contributed by atoms with Crippen LogP contribution >= 0.6 is 0 Å². The highest BCUT2D eigenvalue weighted by Crippen LogP contribution is 2.20. The van der Waals surface area contributed by atoms with Gasteiger partial charge in [-0.3, -0.25) is 9.67 Å². The van der Waals surface area contributed by atoms with Crippen LogP contribution in [0.1, 0.15) is 30.3 Å². The summed E-state index contributed by atoms with van der Waals surface area (Å²) in [7, 11) is 1.89. The Morgan fingerprint density at radius 1 is 1.40 bits per heavy atom. The first-order valence-electron chi connectivity index (χ1n) is 6.91. The number of rotatable bonds is 6. The fraction of sp³-hybridized carbons (Fsp3) is 0.467. The summed E-state index contributed by atoms with van der Waals surface area (Å²) in [5, 5.41) is 4.13. The minimum absolute atomic E-state index is 0.116. The van der Waals surface area contributed by atoms with Crippen LogP contribution in [0.25, 0.3) is 0 Å². The van der Waals surface area contributed by atoms with Crippen LogP contribution in [0, 0.1) is 6.92 Å². The molecule has 0 saturated carbocycles. The van der Waals surface area contributed by atoms with E-state index in [4.69, 9.17) is 10.5 Å².